The largest absolute Gasteiger partial charge is 0.484 e. The topological polar surface area (TPSA) is 73.3 Å². The van der Waals surface area contributed by atoms with Crippen LogP contribution in [-0.2, 0) is 11.2 Å². The van der Waals surface area contributed by atoms with Crippen LogP contribution in [0.1, 0.15) is 63.8 Å². The van der Waals surface area contributed by atoms with Crippen LogP contribution in [0.3, 0.4) is 0 Å². The molecule has 31 heavy (non-hydrogen) atoms. The van der Waals surface area contributed by atoms with Crippen molar-refractivity contribution in [2.24, 2.45) is 5.92 Å². The lowest BCUT2D eigenvalue weighted by molar-refractivity contribution is -0.00346. The number of carbonyl (C=O) groups excluding carboxylic acids is 1. The van der Waals surface area contributed by atoms with E-state index in [1.165, 1.54) is 12.1 Å². The molecule has 6 nitrogen and oxygen atoms in total. The fraction of sp³-hybridized carbons (Fsp3) is 0.522. The molecule has 0 saturated heterocycles. The Morgan fingerprint density at radius 3 is 2.68 bits per heavy atom. The average Bonchev–Trinajstić information content (AvgIpc) is 2.96. The van der Waals surface area contributed by atoms with E-state index in [0.717, 1.165) is 48.0 Å². The van der Waals surface area contributed by atoms with Crippen molar-refractivity contribution in [3.8, 4) is 5.75 Å². The number of nitrogens with one attached hydrogen (secondary N) is 1. The third-order valence-corrected chi connectivity index (χ3v) is 6.32. The van der Waals surface area contributed by atoms with Crippen LogP contribution < -0.4 is 10.1 Å². The van der Waals surface area contributed by atoms with Crippen molar-refractivity contribution in [2.75, 3.05) is 0 Å². The van der Waals surface area contributed by atoms with Gasteiger partial charge in [0.05, 0.1) is 11.9 Å². The van der Waals surface area contributed by atoms with Crippen LogP contribution in [0, 0.1) is 11.7 Å². The quantitative estimate of drug-likeness (QED) is 0.612. The van der Waals surface area contributed by atoms with Gasteiger partial charge in [-0.25, -0.2) is 14.2 Å². The van der Waals surface area contributed by atoms with Crippen LogP contribution in [0.15, 0.2) is 35.2 Å². The molecule has 1 atom stereocenters. The Balaban J connectivity index is 1.50. The Kier molecular flexibility index (Phi) is 5.94. The molecule has 1 saturated carbocycles. The summed E-state index contributed by atoms with van der Waals surface area (Å²) in [6, 6.07) is 4.12. The molecule has 1 aliphatic carbocycles. The van der Waals surface area contributed by atoms with Crippen LogP contribution in [0.4, 0.5) is 9.18 Å². The molecule has 1 aliphatic heterocycles. The van der Waals surface area contributed by atoms with Crippen LogP contribution in [0.2, 0.25) is 0 Å². The first-order valence-corrected chi connectivity index (χ1v) is 11.4. The lowest BCUT2D eigenvalue weighted by Crippen LogP contribution is -2.49. The minimum Gasteiger partial charge on any atom is -0.484 e. The molecule has 1 aromatic heterocycles. The molecule has 0 bridgehead atoms. The molecule has 8 heteroatoms. The van der Waals surface area contributed by atoms with Crippen LogP contribution in [-0.4, -0.2) is 27.3 Å². The molecular formula is C23H27BrFN3O3. The monoisotopic (exact) mass is 491 g/mol. The van der Waals surface area contributed by atoms with E-state index in [0.29, 0.717) is 11.7 Å². The van der Waals surface area contributed by atoms with Gasteiger partial charge < -0.3 is 14.8 Å². The first-order valence-electron chi connectivity index (χ1n) is 10.6. The summed E-state index contributed by atoms with van der Waals surface area (Å²) in [4.78, 5) is 21.3. The van der Waals surface area contributed by atoms with Gasteiger partial charge in [-0.15, -0.1) is 0 Å². The summed E-state index contributed by atoms with van der Waals surface area (Å²) in [5.74, 6) is 0.597. The van der Waals surface area contributed by atoms with E-state index in [4.69, 9.17) is 9.47 Å². The number of alkyl carbamates (subject to hydrolysis) is 1. The van der Waals surface area contributed by atoms with E-state index >= 15 is 0 Å². The molecular weight excluding hydrogens is 465 g/mol. The summed E-state index contributed by atoms with van der Waals surface area (Å²) >= 11 is 3.31. The van der Waals surface area contributed by atoms with E-state index in [2.05, 4.69) is 31.2 Å². The summed E-state index contributed by atoms with van der Waals surface area (Å²) in [7, 11) is 0. The van der Waals surface area contributed by atoms with E-state index in [1.54, 1.807) is 18.5 Å². The molecule has 1 aromatic carbocycles. The first-order chi connectivity index (χ1) is 14.6. The Labute approximate surface area is 190 Å². The van der Waals surface area contributed by atoms with Crippen molar-refractivity contribution in [1.29, 1.82) is 0 Å². The third kappa shape index (κ3) is 5.00. The summed E-state index contributed by atoms with van der Waals surface area (Å²) in [6.45, 7) is 5.48. The number of fused-ring (bicyclic) bond motifs is 1. The summed E-state index contributed by atoms with van der Waals surface area (Å²) in [6.07, 6.45) is 7.20. The highest BCUT2D eigenvalue weighted by Gasteiger charge is 2.51. The first kappa shape index (κ1) is 22.0. The second kappa shape index (κ2) is 8.37. The number of rotatable bonds is 3. The van der Waals surface area contributed by atoms with Crippen molar-refractivity contribution < 1.29 is 18.7 Å². The summed E-state index contributed by atoms with van der Waals surface area (Å²) < 4.78 is 26.4. The van der Waals surface area contributed by atoms with Gasteiger partial charge in [-0.1, -0.05) is 6.07 Å². The lowest BCUT2D eigenvalue weighted by Gasteiger charge is -2.40. The maximum absolute atomic E-state index is 13.9. The highest BCUT2D eigenvalue weighted by molar-refractivity contribution is 9.10. The van der Waals surface area contributed by atoms with Crippen molar-refractivity contribution in [1.82, 2.24) is 15.3 Å². The van der Waals surface area contributed by atoms with Gasteiger partial charge in [-0.2, -0.15) is 0 Å². The fourth-order valence-electron chi connectivity index (χ4n) is 4.53. The molecule has 1 spiro atoms. The summed E-state index contributed by atoms with van der Waals surface area (Å²) in [5, 5.41) is 3.01. The summed E-state index contributed by atoms with van der Waals surface area (Å²) in [5.41, 5.74) is 0.551. The van der Waals surface area contributed by atoms with E-state index in [1.807, 2.05) is 20.8 Å². The van der Waals surface area contributed by atoms with Gasteiger partial charge in [0.15, 0.2) is 0 Å². The van der Waals surface area contributed by atoms with Crippen molar-refractivity contribution in [3.63, 3.8) is 0 Å². The molecule has 166 valence electrons. The number of ether oxygens (including phenoxy) is 2. The fourth-order valence-corrected chi connectivity index (χ4v) is 4.74. The van der Waals surface area contributed by atoms with E-state index in [-0.39, 0.29) is 11.9 Å². The minimum absolute atomic E-state index is 0.352. The molecule has 1 N–H and O–H groups in total. The van der Waals surface area contributed by atoms with E-state index in [9.17, 15) is 9.18 Å². The highest BCUT2D eigenvalue weighted by Crippen LogP contribution is 2.51. The zero-order valence-corrected chi connectivity index (χ0v) is 19.5. The van der Waals surface area contributed by atoms with Gasteiger partial charge in [0, 0.05) is 17.8 Å². The van der Waals surface area contributed by atoms with Gasteiger partial charge >= 0.3 is 6.09 Å². The number of halogens is 2. The molecule has 0 radical (unpaired) electrons. The SMILES string of the molecule is CC(C)(C)OC(=O)N[C@@H]1c2ccc(F)cc2OC12CCC(Cc1cnc(Br)cn1)CC2. The zero-order valence-electron chi connectivity index (χ0n) is 18.0. The maximum atomic E-state index is 13.9. The average molecular weight is 492 g/mol. The molecule has 1 fully saturated rings. The molecule has 2 aliphatic rings. The van der Waals surface area contributed by atoms with Gasteiger partial charge in [0.1, 0.15) is 33.4 Å². The van der Waals surface area contributed by atoms with Crippen LogP contribution in [0.5, 0.6) is 5.75 Å². The minimum atomic E-state index is -0.605. The maximum Gasteiger partial charge on any atom is 0.408 e. The normalized spacial score (nSPS) is 25.1. The number of hydrogen-bond acceptors (Lipinski definition) is 5. The second-order valence-corrected chi connectivity index (χ2v) is 10.2. The molecule has 2 heterocycles. The van der Waals surface area contributed by atoms with E-state index < -0.39 is 17.3 Å². The number of amides is 1. The third-order valence-electron chi connectivity index (χ3n) is 5.91. The highest BCUT2D eigenvalue weighted by atomic mass is 79.9. The number of carbonyl (C=O) groups is 1. The second-order valence-electron chi connectivity index (χ2n) is 9.41. The Bertz CT molecular complexity index is 954. The number of benzene rings is 1. The Hall–Kier alpha value is -2.22. The predicted octanol–water partition coefficient (Wildman–Crippen LogP) is 5.51. The standard InChI is InChI=1S/C23H27BrFN3O3/c1-22(2,3)31-21(29)28-20-17-5-4-15(25)11-18(17)30-23(20)8-6-14(7-9-23)10-16-12-27-19(24)13-26-16/h4-5,11-14,20H,6-10H2,1-3H3,(H,28,29)/t14?,20-,23?/m1/s1. The van der Waals surface area contributed by atoms with Gasteiger partial charge in [-0.05, 0) is 80.8 Å². The van der Waals surface area contributed by atoms with Crippen LogP contribution >= 0.6 is 15.9 Å². The van der Waals surface area contributed by atoms with Gasteiger partial charge in [0.2, 0.25) is 0 Å². The number of nitrogens with zero attached hydrogens (tertiary/aromatic N) is 2. The van der Waals surface area contributed by atoms with Gasteiger partial charge in [0.25, 0.3) is 0 Å². The number of aromatic nitrogens is 2. The predicted molar refractivity (Wildman–Crippen MR) is 117 cm³/mol. The smallest absolute Gasteiger partial charge is 0.408 e. The molecule has 4 rings (SSSR count). The van der Waals surface area contributed by atoms with Gasteiger partial charge in [-0.3, -0.25) is 4.98 Å². The molecule has 0 unspecified atom stereocenters. The zero-order chi connectivity index (χ0) is 22.2. The molecule has 1 amide bonds. The Morgan fingerprint density at radius 1 is 1.29 bits per heavy atom. The van der Waals surface area contributed by atoms with Crippen molar-refractivity contribution in [2.45, 2.75) is 70.1 Å². The van der Waals surface area contributed by atoms with Crippen molar-refractivity contribution >= 4 is 22.0 Å². The Morgan fingerprint density at radius 2 is 2.03 bits per heavy atom. The lowest BCUT2D eigenvalue weighted by atomic mass is 9.73. The van der Waals surface area contributed by atoms with Crippen molar-refractivity contribution in [3.05, 3.63) is 52.3 Å². The van der Waals surface area contributed by atoms with Crippen LogP contribution in [0.25, 0.3) is 0 Å². The molecule has 2 aromatic rings. The number of hydrogen-bond donors (Lipinski definition) is 1.